The summed E-state index contributed by atoms with van der Waals surface area (Å²) in [6.07, 6.45) is -5.53. The van der Waals surface area contributed by atoms with E-state index in [-0.39, 0.29) is 17.2 Å². The number of hydrogen-bond acceptors (Lipinski definition) is 7. The molecular weight excluding hydrogens is 341 g/mol. The summed E-state index contributed by atoms with van der Waals surface area (Å²) in [5, 5.41) is 4.14. The molecule has 1 heterocycles. The standard InChI is InChI=1S/C11H13F3N4O4S/c1-18(2)10(21)17-9-16-5(4-23-9)3-6(15)7(19)22-8(20)11(12,13)14/h4,6H,3,15H2,1-2H3,(H,16,17,21). The summed E-state index contributed by atoms with van der Waals surface area (Å²) >= 11 is 1.04. The number of esters is 2. The SMILES string of the molecule is CN(C)C(=O)Nc1nc(CC(N)C(=O)OC(=O)C(F)(F)F)cs1. The highest BCUT2D eigenvalue weighted by atomic mass is 32.1. The predicted octanol–water partition coefficient (Wildman–Crippen LogP) is 0.739. The third-order valence-corrected chi connectivity index (χ3v) is 3.13. The van der Waals surface area contributed by atoms with Crippen LogP contribution in [-0.4, -0.2) is 54.2 Å². The molecule has 8 nitrogen and oxygen atoms in total. The number of aromatic nitrogens is 1. The van der Waals surface area contributed by atoms with Crippen molar-refractivity contribution in [1.29, 1.82) is 0 Å². The highest BCUT2D eigenvalue weighted by Crippen LogP contribution is 2.18. The fourth-order valence-electron chi connectivity index (χ4n) is 1.19. The quantitative estimate of drug-likeness (QED) is 0.609. The summed E-state index contributed by atoms with van der Waals surface area (Å²) in [6.45, 7) is 0. The van der Waals surface area contributed by atoms with Crippen LogP contribution < -0.4 is 11.1 Å². The third kappa shape index (κ3) is 5.83. The van der Waals surface area contributed by atoms with Crippen molar-refractivity contribution < 1.29 is 32.3 Å². The molecule has 0 aliphatic rings. The molecule has 1 unspecified atom stereocenters. The number of rotatable bonds is 4. The van der Waals surface area contributed by atoms with E-state index in [9.17, 15) is 27.6 Å². The molecule has 0 aromatic carbocycles. The van der Waals surface area contributed by atoms with Gasteiger partial charge in [0, 0.05) is 25.9 Å². The summed E-state index contributed by atoms with van der Waals surface area (Å²) in [7, 11) is 3.04. The van der Waals surface area contributed by atoms with E-state index in [1.807, 2.05) is 0 Å². The van der Waals surface area contributed by atoms with Gasteiger partial charge in [-0.25, -0.2) is 19.4 Å². The van der Waals surface area contributed by atoms with Crippen molar-refractivity contribution in [1.82, 2.24) is 9.88 Å². The minimum atomic E-state index is -5.28. The summed E-state index contributed by atoms with van der Waals surface area (Å²) < 4.78 is 39.5. The molecule has 128 valence electrons. The second-order valence-electron chi connectivity index (χ2n) is 4.49. The van der Waals surface area contributed by atoms with Gasteiger partial charge in [-0.05, 0) is 0 Å². The molecule has 0 fully saturated rings. The van der Waals surface area contributed by atoms with E-state index in [1.165, 1.54) is 24.4 Å². The van der Waals surface area contributed by atoms with Crippen molar-refractivity contribution in [3.05, 3.63) is 11.1 Å². The van der Waals surface area contributed by atoms with Crippen LogP contribution in [-0.2, 0) is 20.7 Å². The molecule has 12 heteroatoms. The lowest BCUT2D eigenvalue weighted by atomic mass is 10.2. The Morgan fingerprint density at radius 2 is 2.04 bits per heavy atom. The van der Waals surface area contributed by atoms with Gasteiger partial charge in [0.2, 0.25) is 0 Å². The maximum atomic E-state index is 12.0. The number of anilines is 1. The number of carbonyl (C=O) groups excluding carboxylic acids is 3. The Kier molecular flexibility index (Phi) is 6.04. The first-order chi connectivity index (χ1) is 10.5. The first-order valence-electron chi connectivity index (χ1n) is 6.02. The Labute approximate surface area is 132 Å². The van der Waals surface area contributed by atoms with Crippen LogP contribution in [0.15, 0.2) is 5.38 Å². The van der Waals surface area contributed by atoms with Crippen molar-refractivity contribution in [2.24, 2.45) is 5.73 Å². The second-order valence-corrected chi connectivity index (χ2v) is 5.34. The molecule has 1 rings (SSSR count). The van der Waals surface area contributed by atoms with Crippen LogP contribution in [0.3, 0.4) is 0 Å². The van der Waals surface area contributed by atoms with Crippen LogP contribution in [0, 0.1) is 0 Å². The number of alkyl halides is 3. The minimum Gasteiger partial charge on any atom is -0.385 e. The summed E-state index contributed by atoms with van der Waals surface area (Å²) in [5.74, 6) is -4.14. The lowest BCUT2D eigenvalue weighted by molar-refractivity contribution is -0.202. The maximum Gasteiger partial charge on any atom is 0.491 e. The second kappa shape index (κ2) is 7.37. The highest BCUT2D eigenvalue weighted by Gasteiger charge is 2.43. The van der Waals surface area contributed by atoms with Crippen LogP contribution in [0.4, 0.5) is 23.1 Å². The van der Waals surface area contributed by atoms with E-state index >= 15 is 0 Å². The number of amides is 2. The molecule has 3 N–H and O–H groups in total. The zero-order chi connectivity index (χ0) is 17.8. The van der Waals surface area contributed by atoms with E-state index in [0.717, 1.165) is 11.3 Å². The Morgan fingerprint density at radius 3 is 2.57 bits per heavy atom. The van der Waals surface area contributed by atoms with E-state index < -0.39 is 30.2 Å². The molecule has 1 atom stereocenters. The summed E-state index contributed by atoms with van der Waals surface area (Å²) in [6, 6.07) is -1.92. The molecule has 0 spiro atoms. The normalized spacial score (nSPS) is 12.4. The number of nitrogens with two attached hydrogens (primary N) is 1. The van der Waals surface area contributed by atoms with Gasteiger partial charge in [0.15, 0.2) is 5.13 Å². The number of hydrogen-bond donors (Lipinski definition) is 2. The molecule has 0 saturated carbocycles. The molecule has 0 radical (unpaired) electrons. The van der Waals surface area contributed by atoms with Crippen molar-refractivity contribution in [3.63, 3.8) is 0 Å². The first kappa shape index (κ1) is 18.8. The first-order valence-corrected chi connectivity index (χ1v) is 6.89. The lowest BCUT2D eigenvalue weighted by Crippen LogP contribution is -2.39. The van der Waals surface area contributed by atoms with Crippen molar-refractivity contribution in [2.75, 3.05) is 19.4 Å². The van der Waals surface area contributed by atoms with E-state index in [1.54, 1.807) is 0 Å². The van der Waals surface area contributed by atoms with Crippen LogP contribution in [0.25, 0.3) is 0 Å². The molecule has 0 bridgehead atoms. The fourth-order valence-corrected chi connectivity index (χ4v) is 1.91. The smallest absolute Gasteiger partial charge is 0.385 e. The Balaban J connectivity index is 2.59. The molecule has 0 saturated heterocycles. The van der Waals surface area contributed by atoms with E-state index in [0.29, 0.717) is 0 Å². The van der Waals surface area contributed by atoms with Crippen LogP contribution >= 0.6 is 11.3 Å². The lowest BCUT2D eigenvalue weighted by Gasteiger charge is -2.10. The van der Waals surface area contributed by atoms with Gasteiger partial charge >= 0.3 is 24.1 Å². The number of nitrogens with one attached hydrogen (secondary N) is 1. The number of ether oxygens (including phenoxy) is 1. The zero-order valence-corrected chi connectivity index (χ0v) is 12.8. The van der Waals surface area contributed by atoms with Gasteiger partial charge < -0.3 is 15.4 Å². The monoisotopic (exact) mass is 354 g/mol. The highest BCUT2D eigenvalue weighted by molar-refractivity contribution is 7.13. The van der Waals surface area contributed by atoms with Crippen LogP contribution in [0.2, 0.25) is 0 Å². The summed E-state index contributed by atoms with van der Waals surface area (Å²) in [4.78, 5) is 38.5. The molecule has 0 aliphatic carbocycles. The molecule has 23 heavy (non-hydrogen) atoms. The largest absolute Gasteiger partial charge is 0.491 e. The summed E-state index contributed by atoms with van der Waals surface area (Å²) in [5.41, 5.74) is 5.63. The zero-order valence-electron chi connectivity index (χ0n) is 12.0. The topological polar surface area (TPSA) is 115 Å². The molecule has 1 aromatic rings. The average molecular weight is 354 g/mol. The molecule has 1 aromatic heterocycles. The Morgan fingerprint density at radius 1 is 1.43 bits per heavy atom. The number of nitrogens with zero attached hydrogens (tertiary/aromatic N) is 2. The average Bonchev–Trinajstić information content (AvgIpc) is 2.84. The van der Waals surface area contributed by atoms with Crippen molar-refractivity contribution in [2.45, 2.75) is 18.6 Å². The maximum absolute atomic E-state index is 12.0. The van der Waals surface area contributed by atoms with Crippen LogP contribution in [0.5, 0.6) is 0 Å². The van der Waals surface area contributed by atoms with Gasteiger partial charge in [-0.2, -0.15) is 13.2 Å². The minimum absolute atomic E-state index is 0.227. The van der Waals surface area contributed by atoms with Gasteiger partial charge in [-0.15, -0.1) is 11.3 Å². The van der Waals surface area contributed by atoms with E-state index in [2.05, 4.69) is 15.0 Å². The van der Waals surface area contributed by atoms with Crippen molar-refractivity contribution in [3.8, 4) is 0 Å². The van der Waals surface area contributed by atoms with Gasteiger partial charge in [0.05, 0.1) is 5.69 Å². The van der Waals surface area contributed by atoms with Gasteiger partial charge in [-0.3, -0.25) is 5.32 Å². The number of urea groups is 1. The molecule has 0 aliphatic heterocycles. The predicted molar refractivity (Wildman–Crippen MR) is 73.7 cm³/mol. The van der Waals surface area contributed by atoms with Gasteiger partial charge in [0.25, 0.3) is 0 Å². The number of halogens is 3. The number of thiazole rings is 1. The molecule has 2 amide bonds. The van der Waals surface area contributed by atoms with Crippen LogP contribution in [0.1, 0.15) is 5.69 Å². The Hall–Kier alpha value is -2.21. The van der Waals surface area contributed by atoms with Crippen molar-refractivity contribution >= 4 is 34.4 Å². The molecular formula is C11H13F3N4O4S. The number of carbonyl (C=O) groups is 3. The Bertz CT molecular complexity index is 602. The van der Waals surface area contributed by atoms with E-state index in [4.69, 9.17) is 5.73 Å². The third-order valence-electron chi connectivity index (χ3n) is 2.33. The van der Waals surface area contributed by atoms with Gasteiger partial charge in [0.1, 0.15) is 6.04 Å². The van der Waals surface area contributed by atoms with Gasteiger partial charge in [-0.1, -0.05) is 0 Å². The fraction of sp³-hybridized carbons (Fsp3) is 0.455.